The number of benzene rings is 2. The third-order valence-electron chi connectivity index (χ3n) is 7.05. The summed E-state index contributed by atoms with van der Waals surface area (Å²) >= 11 is 0. The van der Waals surface area contributed by atoms with Crippen LogP contribution in [0, 0.1) is 5.92 Å². The molecular formula is C28H35N5O4. The number of morpholine rings is 1. The molecule has 0 saturated carbocycles. The van der Waals surface area contributed by atoms with Crippen LogP contribution in [0.2, 0.25) is 0 Å². The summed E-state index contributed by atoms with van der Waals surface area (Å²) in [4.78, 5) is 22.1. The van der Waals surface area contributed by atoms with Crippen LogP contribution >= 0.6 is 0 Å². The topological polar surface area (TPSA) is 93.0 Å². The standard InChI is InChI=1S/C28H35N5O4/c1-35-25-10-8-23(9-11-25)27-30-26(37-31-27)20-33-12-2-3-24(19-33)28(34)29-17-21-4-6-22(7-5-21)18-32-13-15-36-16-14-32/h4-11,24H,2-3,12-20H2,1H3,(H,29,34). The van der Waals surface area contributed by atoms with Crippen LogP contribution in [0.15, 0.2) is 53.1 Å². The molecule has 3 heterocycles. The first-order valence-electron chi connectivity index (χ1n) is 13.0. The quantitative estimate of drug-likeness (QED) is 0.474. The molecule has 0 aliphatic carbocycles. The van der Waals surface area contributed by atoms with Crippen molar-refractivity contribution in [1.29, 1.82) is 0 Å². The number of piperidine rings is 1. The lowest BCUT2D eigenvalue weighted by molar-refractivity contribution is -0.127. The van der Waals surface area contributed by atoms with Gasteiger partial charge in [-0.15, -0.1) is 0 Å². The fourth-order valence-electron chi connectivity index (χ4n) is 4.89. The number of ether oxygens (including phenoxy) is 2. The fraction of sp³-hybridized carbons (Fsp3) is 0.464. The maximum Gasteiger partial charge on any atom is 0.241 e. The number of likely N-dealkylation sites (tertiary alicyclic amines) is 1. The van der Waals surface area contributed by atoms with Gasteiger partial charge in [0.25, 0.3) is 0 Å². The van der Waals surface area contributed by atoms with Crippen LogP contribution in [0.3, 0.4) is 0 Å². The Morgan fingerprint density at radius 3 is 2.51 bits per heavy atom. The Morgan fingerprint density at radius 2 is 1.76 bits per heavy atom. The van der Waals surface area contributed by atoms with Gasteiger partial charge in [0.2, 0.25) is 17.6 Å². The molecule has 1 amide bonds. The highest BCUT2D eigenvalue weighted by molar-refractivity contribution is 5.79. The van der Waals surface area contributed by atoms with Crippen molar-refractivity contribution in [3.8, 4) is 17.1 Å². The molecule has 0 spiro atoms. The van der Waals surface area contributed by atoms with Crippen molar-refractivity contribution >= 4 is 5.91 Å². The average molecular weight is 506 g/mol. The molecule has 1 aromatic heterocycles. The first-order valence-corrected chi connectivity index (χ1v) is 13.0. The van der Waals surface area contributed by atoms with Gasteiger partial charge in [-0.05, 0) is 54.8 Å². The zero-order valence-corrected chi connectivity index (χ0v) is 21.4. The minimum atomic E-state index is -0.0432. The Bertz CT molecular complexity index is 1140. The third kappa shape index (κ3) is 6.94. The summed E-state index contributed by atoms with van der Waals surface area (Å²) in [5.41, 5.74) is 3.28. The molecule has 2 fully saturated rings. The zero-order chi connectivity index (χ0) is 25.5. The van der Waals surface area contributed by atoms with Gasteiger partial charge >= 0.3 is 0 Å². The number of carbonyl (C=O) groups excluding carboxylic acids is 1. The number of carbonyl (C=O) groups is 1. The molecule has 2 aromatic carbocycles. The molecule has 196 valence electrons. The smallest absolute Gasteiger partial charge is 0.241 e. The summed E-state index contributed by atoms with van der Waals surface area (Å²) in [6, 6.07) is 16.1. The molecule has 2 aliphatic rings. The normalized spacial score (nSPS) is 19.0. The average Bonchev–Trinajstić information content (AvgIpc) is 3.41. The monoisotopic (exact) mass is 505 g/mol. The maximum atomic E-state index is 12.9. The lowest BCUT2D eigenvalue weighted by Crippen LogP contribution is -2.42. The Morgan fingerprint density at radius 1 is 1.00 bits per heavy atom. The minimum Gasteiger partial charge on any atom is -0.497 e. The van der Waals surface area contributed by atoms with Crippen molar-refractivity contribution in [2.75, 3.05) is 46.5 Å². The van der Waals surface area contributed by atoms with Gasteiger partial charge in [-0.1, -0.05) is 29.4 Å². The number of hydrogen-bond acceptors (Lipinski definition) is 8. The van der Waals surface area contributed by atoms with Crippen LogP contribution in [0.1, 0.15) is 29.9 Å². The highest BCUT2D eigenvalue weighted by atomic mass is 16.5. The second-order valence-corrected chi connectivity index (χ2v) is 9.74. The fourth-order valence-corrected chi connectivity index (χ4v) is 4.89. The van der Waals surface area contributed by atoms with Crippen molar-refractivity contribution in [3.05, 3.63) is 65.5 Å². The summed E-state index contributed by atoms with van der Waals surface area (Å²) in [5.74, 6) is 1.96. The summed E-state index contributed by atoms with van der Waals surface area (Å²) < 4.78 is 16.1. The first-order chi connectivity index (χ1) is 18.2. The lowest BCUT2D eigenvalue weighted by Gasteiger charge is -2.30. The van der Waals surface area contributed by atoms with Gasteiger partial charge in [-0.3, -0.25) is 14.6 Å². The van der Waals surface area contributed by atoms with E-state index in [2.05, 4.69) is 49.5 Å². The van der Waals surface area contributed by atoms with Crippen molar-refractivity contribution in [1.82, 2.24) is 25.3 Å². The Balaban J connectivity index is 1.08. The Hall–Kier alpha value is -3.27. The van der Waals surface area contributed by atoms with E-state index in [1.54, 1.807) is 7.11 Å². The van der Waals surface area contributed by atoms with E-state index in [4.69, 9.17) is 14.0 Å². The van der Waals surface area contributed by atoms with Gasteiger partial charge in [-0.2, -0.15) is 4.98 Å². The predicted molar refractivity (Wildman–Crippen MR) is 139 cm³/mol. The lowest BCUT2D eigenvalue weighted by atomic mass is 9.97. The molecule has 3 aromatic rings. The van der Waals surface area contributed by atoms with Crippen LogP contribution in [-0.4, -0.2) is 72.4 Å². The SMILES string of the molecule is COc1ccc(-c2noc(CN3CCCC(C(=O)NCc4ccc(CN5CCOCC5)cc4)C3)n2)cc1. The molecule has 2 aliphatic heterocycles. The van der Waals surface area contributed by atoms with E-state index in [0.717, 1.165) is 69.1 Å². The number of hydrogen-bond donors (Lipinski definition) is 1. The van der Waals surface area contributed by atoms with Gasteiger partial charge in [0.05, 0.1) is 32.8 Å². The van der Waals surface area contributed by atoms with E-state index in [1.165, 1.54) is 5.56 Å². The van der Waals surface area contributed by atoms with E-state index in [-0.39, 0.29) is 11.8 Å². The Labute approximate surface area is 217 Å². The zero-order valence-electron chi connectivity index (χ0n) is 21.4. The van der Waals surface area contributed by atoms with Crippen molar-refractivity contribution < 1.29 is 18.8 Å². The van der Waals surface area contributed by atoms with Crippen LogP contribution in [0.4, 0.5) is 0 Å². The number of nitrogens with one attached hydrogen (secondary N) is 1. The molecule has 1 atom stereocenters. The van der Waals surface area contributed by atoms with Crippen LogP contribution in [0.25, 0.3) is 11.4 Å². The molecule has 37 heavy (non-hydrogen) atoms. The number of rotatable bonds is 9. The Kier molecular flexibility index (Phi) is 8.45. The molecule has 9 nitrogen and oxygen atoms in total. The summed E-state index contributed by atoms with van der Waals surface area (Å²) in [6.45, 7) is 7.19. The minimum absolute atomic E-state index is 0.0432. The van der Waals surface area contributed by atoms with Crippen LogP contribution in [-0.2, 0) is 29.2 Å². The summed E-state index contributed by atoms with van der Waals surface area (Å²) in [7, 11) is 1.64. The van der Waals surface area contributed by atoms with Crippen LogP contribution < -0.4 is 10.1 Å². The van der Waals surface area contributed by atoms with Crippen molar-refractivity contribution in [3.63, 3.8) is 0 Å². The number of nitrogens with zero attached hydrogens (tertiary/aromatic N) is 4. The second kappa shape index (κ2) is 12.3. The van der Waals surface area contributed by atoms with E-state index < -0.39 is 0 Å². The van der Waals surface area contributed by atoms with Gasteiger partial charge in [-0.25, -0.2) is 0 Å². The number of amides is 1. The molecule has 0 bridgehead atoms. The van der Waals surface area contributed by atoms with E-state index in [0.29, 0.717) is 31.3 Å². The molecule has 1 unspecified atom stereocenters. The van der Waals surface area contributed by atoms with Crippen LogP contribution in [0.5, 0.6) is 5.75 Å². The van der Waals surface area contributed by atoms with E-state index in [9.17, 15) is 4.79 Å². The molecule has 0 radical (unpaired) electrons. The second-order valence-electron chi connectivity index (χ2n) is 9.74. The highest BCUT2D eigenvalue weighted by Crippen LogP contribution is 2.22. The molecule has 9 heteroatoms. The first kappa shape index (κ1) is 25.4. The summed E-state index contributed by atoms with van der Waals surface area (Å²) in [6.07, 6.45) is 1.86. The van der Waals surface area contributed by atoms with E-state index >= 15 is 0 Å². The molecule has 5 rings (SSSR count). The predicted octanol–water partition coefficient (Wildman–Crippen LogP) is 3.11. The van der Waals surface area contributed by atoms with Gasteiger partial charge in [0.15, 0.2) is 0 Å². The summed E-state index contributed by atoms with van der Waals surface area (Å²) in [5, 5.41) is 7.26. The molecule has 1 N–H and O–H groups in total. The van der Waals surface area contributed by atoms with Gasteiger partial charge < -0.3 is 19.3 Å². The van der Waals surface area contributed by atoms with Crippen molar-refractivity contribution in [2.45, 2.75) is 32.5 Å². The molecule has 2 saturated heterocycles. The van der Waals surface area contributed by atoms with Gasteiger partial charge in [0, 0.05) is 38.3 Å². The highest BCUT2D eigenvalue weighted by Gasteiger charge is 2.27. The number of methoxy groups -OCH3 is 1. The third-order valence-corrected chi connectivity index (χ3v) is 7.05. The largest absolute Gasteiger partial charge is 0.497 e. The maximum absolute atomic E-state index is 12.9. The van der Waals surface area contributed by atoms with Crippen molar-refractivity contribution in [2.24, 2.45) is 5.92 Å². The van der Waals surface area contributed by atoms with Gasteiger partial charge in [0.1, 0.15) is 5.75 Å². The van der Waals surface area contributed by atoms with E-state index in [1.807, 2.05) is 24.3 Å². The molecular weight excluding hydrogens is 470 g/mol. The number of aromatic nitrogens is 2.